The summed E-state index contributed by atoms with van der Waals surface area (Å²) >= 11 is 10.2. The molecule has 10 nitrogen and oxygen atoms in total. The molecular formula is C32H31BrClF5N8O2. The summed E-state index contributed by atoms with van der Waals surface area (Å²) in [6.07, 6.45) is -2.59. The van der Waals surface area contributed by atoms with Crippen LogP contribution in [0.15, 0.2) is 22.8 Å². The van der Waals surface area contributed by atoms with Crippen LogP contribution in [0.3, 0.4) is 0 Å². The van der Waals surface area contributed by atoms with E-state index < -0.39 is 57.1 Å². The Morgan fingerprint density at radius 1 is 1.20 bits per heavy atom. The summed E-state index contributed by atoms with van der Waals surface area (Å²) < 4.78 is 87.8. The van der Waals surface area contributed by atoms with Crippen molar-refractivity contribution in [3.63, 3.8) is 0 Å². The van der Waals surface area contributed by atoms with E-state index in [2.05, 4.69) is 30.9 Å². The van der Waals surface area contributed by atoms with Gasteiger partial charge in [0.1, 0.15) is 42.4 Å². The molecule has 0 bridgehead atoms. The van der Waals surface area contributed by atoms with Gasteiger partial charge in [-0.25, -0.2) is 18.7 Å². The first-order chi connectivity index (χ1) is 23.2. The van der Waals surface area contributed by atoms with Gasteiger partial charge < -0.3 is 25.8 Å². The van der Waals surface area contributed by atoms with Crippen molar-refractivity contribution in [1.82, 2.24) is 24.8 Å². The highest BCUT2D eigenvalue weighted by atomic mass is 79.9. The predicted octanol–water partition coefficient (Wildman–Crippen LogP) is 7.05. The Kier molecular flexibility index (Phi) is 8.42. The van der Waals surface area contributed by atoms with Gasteiger partial charge in [0.2, 0.25) is 0 Å². The number of nitrogens with zero attached hydrogens (tertiary/aromatic N) is 6. The topological polar surface area (TPSA) is 129 Å². The molecule has 0 saturated carbocycles. The van der Waals surface area contributed by atoms with Crippen molar-refractivity contribution in [2.75, 3.05) is 49.2 Å². The van der Waals surface area contributed by atoms with Gasteiger partial charge in [0.05, 0.1) is 45.4 Å². The number of ether oxygens (including phenoxy) is 2. The third-order valence-electron chi connectivity index (χ3n) is 9.61. The average Bonchev–Trinajstić information content (AvgIpc) is 3.47. The number of halogens is 7. The maximum Gasteiger partial charge on any atom is 0.418 e. The van der Waals surface area contributed by atoms with Crippen LogP contribution >= 0.6 is 27.5 Å². The zero-order valence-electron chi connectivity index (χ0n) is 26.3. The van der Waals surface area contributed by atoms with E-state index in [0.29, 0.717) is 23.0 Å². The number of aryl methyl sites for hydroxylation is 1. The van der Waals surface area contributed by atoms with Crippen LogP contribution in [0.1, 0.15) is 48.9 Å². The highest BCUT2D eigenvalue weighted by Crippen LogP contribution is 2.51. The first-order valence-electron chi connectivity index (χ1n) is 15.6. The van der Waals surface area contributed by atoms with E-state index in [1.165, 1.54) is 6.92 Å². The van der Waals surface area contributed by atoms with Gasteiger partial charge in [0.15, 0.2) is 11.6 Å². The van der Waals surface area contributed by atoms with Crippen LogP contribution < -0.4 is 25.8 Å². The van der Waals surface area contributed by atoms with Gasteiger partial charge in [0, 0.05) is 29.2 Å². The Labute approximate surface area is 291 Å². The van der Waals surface area contributed by atoms with E-state index in [-0.39, 0.29) is 72.9 Å². The van der Waals surface area contributed by atoms with E-state index in [1.807, 2.05) is 11.8 Å². The number of nitrogens with two attached hydrogens (primary N) is 2. The number of benzene rings is 1. The van der Waals surface area contributed by atoms with Crippen LogP contribution in [-0.4, -0.2) is 69.4 Å². The monoisotopic (exact) mass is 768 g/mol. The van der Waals surface area contributed by atoms with Gasteiger partial charge in [-0.05, 0) is 66.9 Å². The minimum absolute atomic E-state index is 0.0176. The van der Waals surface area contributed by atoms with Crippen LogP contribution in [0.4, 0.5) is 39.4 Å². The summed E-state index contributed by atoms with van der Waals surface area (Å²) in [5.74, 6) is -1.20. The summed E-state index contributed by atoms with van der Waals surface area (Å²) in [5, 5.41) is -0.436. The molecule has 3 aliphatic rings. The molecule has 3 atom stereocenters. The zero-order chi connectivity index (χ0) is 35.0. The van der Waals surface area contributed by atoms with Gasteiger partial charge in [-0.1, -0.05) is 11.6 Å². The van der Waals surface area contributed by atoms with Gasteiger partial charge in [-0.3, -0.25) is 4.90 Å². The Hall–Kier alpha value is -3.76. The molecule has 4 aromatic rings. The number of pyridine rings is 2. The maximum absolute atomic E-state index is 17.0. The van der Waals surface area contributed by atoms with E-state index in [0.717, 1.165) is 12.5 Å². The number of fused-ring (bicyclic) bond motifs is 1. The quantitative estimate of drug-likeness (QED) is 0.197. The largest absolute Gasteiger partial charge is 0.489 e. The van der Waals surface area contributed by atoms with Crippen LogP contribution in [0.2, 0.25) is 5.02 Å². The molecule has 6 heterocycles. The lowest BCUT2D eigenvalue weighted by atomic mass is 9.95. The van der Waals surface area contributed by atoms with Gasteiger partial charge in [0.25, 0.3) is 0 Å². The Morgan fingerprint density at radius 2 is 1.98 bits per heavy atom. The van der Waals surface area contributed by atoms with Gasteiger partial charge in [-0.2, -0.15) is 23.1 Å². The molecule has 17 heteroatoms. The van der Waals surface area contributed by atoms with Crippen LogP contribution in [0, 0.1) is 12.7 Å². The molecule has 0 unspecified atom stereocenters. The maximum atomic E-state index is 17.0. The molecule has 3 aliphatic heterocycles. The van der Waals surface area contributed by atoms with Crippen molar-refractivity contribution in [3.8, 4) is 23.0 Å². The number of hydrogen-bond acceptors (Lipinski definition) is 10. The predicted molar refractivity (Wildman–Crippen MR) is 178 cm³/mol. The third kappa shape index (κ3) is 5.74. The molecule has 260 valence electrons. The third-order valence-corrected chi connectivity index (χ3v) is 10.4. The smallest absolute Gasteiger partial charge is 0.418 e. The number of nitrogen functional groups attached to an aromatic ring is 2. The number of anilines is 3. The fourth-order valence-electron chi connectivity index (χ4n) is 7.43. The SMILES string of the molecule is Cc1cc(N)nc(-c2c(Cl)c3c4c(nc(OC[C@@]56CCCN5C[C@H](F)C6)nc4c2F)N([C@H](C)c2cc(Br)cnc2N)CCO3)c1C(F)(F)F. The van der Waals surface area contributed by atoms with E-state index in [1.54, 1.807) is 17.2 Å². The fourth-order valence-corrected chi connectivity index (χ4v) is 8.10. The van der Waals surface area contributed by atoms with Crippen LogP contribution in [0.5, 0.6) is 11.8 Å². The van der Waals surface area contributed by atoms with Crippen molar-refractivity contribution in [3.05, 3.63) is 50.3 Å². The number of alkyl halides is 4. The van der Waals surface area contributed by atoms with Crippen molar-refractivity contribution >= 4 is 55.9 Å². The zero-order valence-corrected chi connectivity index (χ0v) is 28.7. The second-order valence-corrected chi connectivity index (χ2v) is 14.0. The molecule has 0 aliphatic carbocycles. The minimum atomic E-state index is -4.93. The van der Waals surface area contributed by atoms with Crippen molar-refractivity contribution in [2.24, 2.45) is 0 Å². The van der Waals surface area contributed by atoms with Crippen LogP contribution in [0.25, 0.3) is 22.2 Å². The summed E-state index contributed by atoms with van der Waals surface area (Å²) in [6, 6.07) is 2.07. The Balaban J connectivity index is 1.46. The standard InChI is InChI=1S/C32H31BrClF5N8O2/c1-14-8-19(40)43-25(22(14)32(37,38)39)20-23(34)27-21-26(24(20)36)44-30(49-13-31-4-3-5-46(31)12-17(35)10-31)45-29(21)47(6-7-48-27)15(2)18-9-16(33)11-42-28(18)41/h8-9,11,15,17H,3-7,10,12-13H2,1-2H3,(H2,40,43)(H2,41,42)/t15-,17-,31+/m1/s1. The molecule has 3 aromatic heterocycles. The molecule has 2 saturated heterocycles. The summed E-state index contributed by atoms with van der Waals surface area (Å²) in [5.41, 5.74) is 8.82. The molecule has 1 aromatic carbocycles. The number of hydrogen-bond donors (Lipinski definition) is 2. The Bertz CT molecular complexity index is 1990. The van der Waals surface area contributed by atoms with E-state index in [9.17, 15) is 17.6 Å². The molecule has 0 spiro atoms. The molecule has 4 N–H and O–H groups in total. The number of aromatic nitrogens is 4. The van der Waals surface area contributed by atoms with E-state index >= 15 is 4.39 Å². The second-order valence-electron chi connectivity index (χ2n) is 12.7. The average molecular weight is 770 g/mol. The highest BCUT2D eigenvalue weighted by Gasteiger charge is 2.49. The summed E-state index contributed by atoms with van der Waals surface area (Å²) in [6.45, 7) is 4.21. The normalized spacial score (nSPS) is 21.5. The van der Waals surface area contributed by atoms with Crippen molar-refractivity contribution in [1.29, 1.82) is 0 Å². The molecule has 7 rings (SSSR count). The second kappa shape index (κ2) is 12.2. The fraction of sp³-hybridized carbons (Fsp3) is 0.438. The van der Waals surface area contributed by atoms with Gasteiger partial charge in [-0.15, -0.1) is 0 Å². The van der Waals surface area contributed by atoms with Crippen molar-refractivity contribution in [2.45, 2.75) is 57.0 Å². The molecular weight excluding hydrogens is 739 g/mol. The van der Waals surface area contributed by atoms with E-state index in [4.69, 9.17) is 37.5 Å². The lowest BCUT2D eigenvalue weighted by molar-refractivity contribution is -0.137. The molecule has 0 radical (unpaired) electrons. The summed E-state index contributed by atoms with van der Waals surface area (Å²) in [4.78, 5) is 21.1. The molecule has 49 heavy (non-hydrogen) atoms. The first-order valence-corrected chi connectivity index (χ1v) is 16.8. The van der Waals surface area contributed by atoms with Gasteiger partial charge >= 0.3 is 12.2 Å². The highest BCUT2D eigenvalue weighted by molar-refractivity contribution is 9.10. The summed E-state index contributed by atoms with van der Waals surface area (Å²) in [7, 11) is 0. The van der Waals surface area contributed by atoms with Crippen molar-refractivity contribution < 1.29 is 31.4 Å². The minimum Gasteiger partial charge on any atom is -0.489 e. The molecule has 0 amide bonds. The lowest BCUT2D eigenvalue weighted by Gasteiger charge is -2.32. The molecule has 2 fully saturated rings. The first kappa shape index (κ1) is 33.7. The van der Waals surface area contributed by atoms with Crippen LogP contribution in [-0.2, 0) is 6.18 Å². The number of rotatable bonds is 6. The lowest BCUT2D eigenvalue weighted by Crippen LogP contribution is -2.43. The Morgan fingerprint density at radius 3 is 2.73 bits per heavy atom.